The lowest BCUT2D eigenvalue weighted by molar-refractivity contribution is 1.36. The third-order valence-electron chi connectivity index (χ3n) is 2.36. The van der Waals surface area contributed by atoms with Gasteiger partial charge >= 0.3 is 0 Å². The summed E-state index contributed by atoms with van der Waals surface area (Å²) in [5.74, 6) is 0. The number of rotatable bonds is 1. The highest BCUT2D eigenvalue weighted by atomic mass is 14.4. The van der Waals surface area contributed by atoms with Gasteiger partial charge in [0, 0.05) is 0 Å². The van der Waals surface area contributed by atoms with Crippen LogP contribution in [0.15, 0.2) is 52.6 Å². The molecule has 0 bridgehead atoms. The van der Waals surface area contributed by atoms with Crippen LogP contribution in [0.1, 0.15) is 5.56 Å². The molecule has 0 atom stereocenters. The first-order valence-electron chi connectivity index (χ1n) is 6.00. The van der Waals surface area contributed by atoms with Crippen LogP contribution >= 0.6 is 0 Å². The van der Waals surface area contributed by atoms with Crippen molar-refractivity contribution in [2.24, 2.45) is 0 Å². The van der Waals surface area contributed by atoms with Gasteiger partial charge in [-0.1, -0.05) is 35.9 Å². The molecule has 106 valence electrons. The van der Waals surface area contributed by atoms with Crippen LogP contribution in [0.4, 0.5) is 0 Å². The lowest BCUT2D eigenvalue weighted by Crippen LogP contribution is -1.93. The average Bonchev–Trinajstić information content (AvgIpc) is 2.59. The average molecular weight is 296 g/mol. The molecule has 0 fully saturated rings. The molecule has 0 heterocycles. The molecule has 1 aromatic carbocycles. The van der Waals surface area contributed by atoms with Gasteiger partial charge in [0.2, 0.25) is 0 Å². The molecule has 0 N–H and O–H groups in total. The summed E-state index contributed by atoms with van der Waals surface area (Å²) in [5, 5.41) is 51.5. The molecule has 0 aliphatic rings. The number of aryl methyl sites for hydroxylation is 1. The van der Waals surface area contributed by atoms with Gasteiger partial charge in [0.1, 0.15) is 58.7 Å². The zero-order valence-corrected chi connectivity index (χ0v) is 12.1. The second kappa shape index (κ2) is 10.4. The molecule has 0 unspecified atom stereocenters. The Labute approximate surface area is 133 Å². The quantitative estimate of drug-likeness (QED) is 0.575. The fraction of sp³-hybridized carbons (Fsp3) is 0.0588. The molecule has 0 saturated heterocycles. The summed E-state index contributed by atoms with van der Waals surface area (Å²) < 4.78 is 0. The van der Waals surface area contributed by atoms with Gasteiger partial charge in [-0.15, -0.1) is 0 Å². The predicted octanol–water partition coefficient (Wildman–Crippen LogP) is 2.72. The Balaban J connectivity index is 0.000000568. The molecule has 6 nitrogen and oxygen atoms in total. The van der Waals surface area contributed by atoms with Crippen molar-refractivity contribution in [3.63, 3.8) is 0 Å². The maximum Gasteiger partial charge on any atom is 0.148 e. The molecule has 0 aliphatic carbocycles. The fourth-order valence-corrected chi connectivity index (χ4v) is 1.28. The van der Waals surface area contributed by atoms with E-state index in [0.29, 0.717) is 0 Å². The Morgan fingerprint density at radius 3 is 1.13 bits per heavy atom. The minimum Gasteiger partial charge on any atom is -0.192 e. The van der Waals surface area contributed by atoms with Gasteiger partial charge < -0.3 is 0 Å². The third-order valence-corrected chi connectivity index (χ3v) is 2.36. The Morgan fingerprint density at radius 2 is 0.957 bits per heavy atom. The molecule has 6 heteroatoms. The van der Waals surface area contributed by atoms with Gasteiger partial charge in [0.05, 0.1) is 0 Å². The van der Waals surface area contributed by atoms with E-state index in [9.17, 15) is 0 Å². The van der Waals surface area contributed by atoms with Crippen molar-refractivity contribution in [1.82, 2.24) is 0 Å². The number of allylic oxidation sites excluding steroid dienone is 4. The second-order valence-corrected chi connectivity index (χ2v) is 3.83. The van der Waals surface area contributed by atoms with Gasteiger partial charge in [-0.25, -0.2) is 0 Å². The van der Waals surface area contributed by atoms with Gasteiger partial charge in [-0.3, -0.25) is 0 Å². The van der Waals surface area contributed by atoms with E-state index in [0.717, 1.165) is 0 Å². The highest BCUT2D eigenvalue weighted by molar-refractivity contribution is 5.65. The molecule has 0 aromatic heterocycles. The molecule has 1 aromatic rings. The van der Waals surface area contributed by atoms with E-state index in [1.807, 2.05) is 18.2 Å². The third kappa shape index (κ3) is 5.65. The van der Waals surface area contributed by atoms with Gasteiger partial charge in [-0.05, 0) is 6.92 Å². The molecule has 0 amide bonds. The van der Waals surface area contributed by atoms with Crippen LogP contribution < -0.4 is 0 Å². The number of nitrogens with zero attached hydrogens (tertiary/aromatic N) is 6. The molecule has 0 saturated carbocycles. The molecule has 0 aliphatic heterocycles. The molecular formula is C17H8N6. The van der Waals surface area contributed by atoms with E-state index in [1.165, 1.54) is 42.0 Å². The molecule has 1 rings (SSSR count). The van der Waals surface area contributed by atoms with Crippen LogP contribution in [-0.2, 0) is 0 Å². The smallest absolute Gasteiger partial charge is 0.148 e. The zero-order chi connectivity index (χ0) is 17.7. The number of nitriles is 6. The van der Waals surface area contributed by atoms with Crippen LogP contribution in [0.3, 0.4) is 0 Å². The Morgan fingerprint density at radius 1 is 0.609 bits per heavy atom. The van der Waals surface area contributed by atoms with Crippen LogP contribution in [0.5, 0.6) is 0 Å². The summed E-state index contributed by atoms with van der Waals surface area (Å²) in [5.41, 5.74) is -1.03. The minimum absolute atomic E-state index is 0.564. The first kappa shape index (κ1) is 18.6. The van der Waals surface area contributed by atoms with Crippen molar-refractivity contribution in [3.05, 3.63) is 58.2 Å². The zero-order valence-electron chi connectivity index (χ0n) is 12.1. The SMILES string of the molecule is Cc1ccccc1.N#CC(C#N)=C(C#N)C(C#N)=C(C#N)C#N. The van der Waals surface area contributed by atoms with E-state index < -0.39 is 22.3 Å². The second-order valence-electron chi connectivity index (χ2n) is 3.83. The predicted molar refractivity (Wildman–Crippen MR) is 78.9 cm³/mol. The Hall–Kier alpha value is -4.36. The van der Waals surface area contributed by atoms with E-state index in [-0.39, 0.29) is 0 Å². The topological polar surface area (TPSA) is 143 Å². The van der Waals surface area contributed by atoms with Crippen molar-refractivity contribution >= 4 is 0 Å². The summed E-state index contributed by atoms with van der Waals surface area (Å²) in [6.07, 6.45) is 0. The lowest BCUT2D eigenvalue weighted by Gasteiger charge is -1.94. The van der Waals surface area contributed by atoms with E-state index in [4.69, 9.17) is 31.6 Å². The highest BCUT2D eigenvalue weighted by Gasteiger charge is 2.16. The van der Waals surface area contributed by atoms with Crippen molar-refractivity contribution in [2.75, 3.05) is 0 Å². The van der Waals surface area contributed by atoms with Crippen LogP contribution in [0.25, 0.3) is 0 Å². The van der Waals surface area contributed by atoms with Crippen molar-refractivity contribution in [1.29, 1.82) is 31.6 Å². The molecular weight excluding hydrogens is 288 g/mol. The normalized spacial score (nSPS) is 7.09. The molecule has 0 spiro atoms. The largest absolute Gasteiger partial charge is 0.192 e. The van der Waals surface area contributed by atoms with Crippen LogP contribution in [0.2, 0.25) is 0 Å². The van der Waals surface area contributed by atoms with Crippen molar-refractivity contribution in [3.8, 4) is 36.4 Å². The summed E-state index contributed by atoms with van der Waals surface area (Å²) in [6.45, 7) is 2.08. The number of hydrogen-bond acceptors (Lipinski definition) is 6. The summed E-state index contributed by atoms with van der Waals surface area (Å²) in [4.78, 5) is 0. The summed E-state index contributed by atoms with van der Waals surface area (Å²) in [6, 6.07) is 18.8. The first-order valence-corrected chi connectivity index (χ1v) is 6.00. The van der Waals surface area contributed by atoms with E-state index >= 15 is 0 Å². The lowest BCUT2D eigenvalue weighted by atomic mass is 9.99. The van der Waals surface area contributed by atoms with Crippen LogP contribution in [-0.4, -0.2) is 0 Å². The van der Waals surface area contributed by atoms with E-state index in [1.54, 1.807) is 0 Å². The standard InChI is InChI=1S/C10N6.C7H8/c11-1-7(2-12)9(5-15)10(6-16)8(3-13)4-14;1-7-5-3-2-4-6-7/h;2-6H,1H3. The fourth-order valence-electron chi connectivity index (χ4n) is 1.28. The molecule has 0 radical (unpaired) electrons. The monoisotopic (exact) mass is 296 g/mol. The highest BCUT2D eigenvalue weighted by Crippen LogP contribution is 2.16. The molecule has 23 heavy (non-hydrogen) atoms. The number of hydrogen-bond donors (Lipinski definition) is 0. The van der Waals surface area contributed by atoms with Crippen molar-refractivity contribution < 1.29 is 0 Å². The van der Waals surface area contributed by atoms with Crippen molar-refractivity contribution in [2.45, 2.75) is 6.92 Å². The maximum atomic E-state index is 8.69. The first-order chi connectivity index (χ1) is 11.1. The Kier molecular flexibility index (Phi) is 8.45. The van der Waals surface area contributed by atoms with Gasteiger partial charge in [0.15, 0.2) is 0 Å². The summed E-state index contributed by atoms with van der Waals surface area (Å²) in [7, 11) is 0. The van der Waals surface area contributed by atoms with Gasteiger partial charge in [0.25, 0.3) is 0 Å². The van der Waals surface area contributed by atoms with Gasteiger partial charge in [-0.2, -0.15) is 31.6 Å². The maximum absolute atomic E-state index is 8.69. The Bertz CT molecular complexity index is 789. The number of benzene rings is 1. The van der Waals surface area contributed by atoms with E-state index in [2.05, 4.69) is 19.1 Å². The van der Waals surface area contributed by atoms with Crippen LogP contribution in [0, 0.1) is 74.9 Å². The summed E-state index contributed by atoms with van der Waals surface area (Å²) >= 11 is 0. The minimum atomic E-state index is -0.609.